The number of nitrogens with zero attached hydrogens (tertiary/aromatic N) is 1. The lowest BCUT2D eigenvalue weighted by Crippen LogP contribution is -2.43. The summed E-state index contributed by atoms with van der Waals surface area (Å²) in [7, 11) is 0. The van der Waals surface area contributed by atoms with Crippen LogP contribution in [0.4, 0.5) is 5.69 Å². The van der Waals surface area contributed by atoms with Crippen LogP contribution in [-0.2, 0) is 0 Å². The highest BCUT2D eigenvalue weighted by atomic mass is 35.5. The van der Waals surface area contributed by atoms with E-state index in [9.17, 15) is 4.79 Å². The summed E-state index contributed by atoms with van der Waals surface area (Å²) in [6, 6.07) is 5.97. The molecule has 1 aliphatic rings. The molecule has 1 aromatic rings. The molecule has 0 bridgehead atoms. The maximum atomic E-state index is 11.2. The third-order valence-electron chi connectivity index (χ3n) is 3.82. The van der Waals surface area contributed by atoms with Crippen LogP contribution in [0.2, 0.25) is 5.02 Å². The molecule has 2 rings (SSSR count). The number of likely N-dealkylation sites (N-methyl/N-ethyl adjacent to an activating group) is 1. The summed E-state index contributed by atoms with van der Waals surface area (Å²) >= 11 is 6.13. The maximum Gasteiger partial charge on any atom is 0.250 e. The molecule has 0 aromatic heterocycles. The molecule has 1 atom stereocenters. The highest BCUT2D eigenvalue weighted by molar-refractivity contribution is 6.34. The molecule has 4 nitrogen and oxygen atoms in total. The third kappa shape index (κ3) is 3.64. The minimum Gasteiger partial charge on any atom is -0.370 e. The van der Waals surface area contributed by atoms with E-state index in [1.807, 2.05) is 12.1 Å². The van der Waals surface area contributed by atoms with Gasteiger partial charge in [0.1, 0.15) is 0 Å². The molecule has 1 fully saturated rings. The smallest absolute Gasteiger partial charge is 0.250 e. The van der Waals surface area contributed by atoms with Crippen LogP contribution in [0.3, 0.4) is 0 Å². The van der Waals surface area contributed by atoms with Gasteiger partial charge < -0.3 is 16.0 Å². The topological polar surface area (TPSA) is 58.4 Å². The van der Waals surface area contributed by atoms with Gasteiger partial charge in [-0.15, -0.1) is 0 Å². The normalized spacial score (nSPS) is 18.8. The molecule has 0 spiro atoms. The molecule has 1 unspecified atom stereocenters. The second-order valence-electron chi connectivity index (χ2n) is 5.21. The average molecular weight is 296 g/mol. The Labute approximate surface area is 125 Å². The highest BCUT2D eigenvalue weighted by Gasteiger charge is 2.17. The Bertz CT molecular complexity index is 472. The summed E-state index contributed by atoms with van der Waals surface area (Å²) < 4.78 is 0. The van der Waals surface area contributed by atoms with E-state index >= 15 is 0 Å². The summed E-state index contributed by atoms with van der Waals surface area (Å²) in [5, 5.41) is 3.97. The Hall–Kier alpha value is -1.26. The van der Waals surface area contributed by atoms with Crippen LogP contribution in [0.5, 0.6) is 0 Å². The molecular weight excluding hydrogens is 274 g/mol. The SMILES string of the molecule is CCN(CC1CCCCN1)c1ccc(C(N)=O)c(Cl)c1. The fourth-order valence-corrected chi connectivity index (χ4v) is 2.93. The Morgan fingerprint density at radius 2 is 2.30 bits per heavy atom. The zero-order valence-corrected chi connectivity index (χ0v) is 12.6. The number of piperidine rings is 1. The van der Waals surface area contributed by atoms with Gasteiger partial charge in [0, 0.05) is 24.8 Å². The van der Waals surface area contributed by atoms with E-state index in [1.54, 1.807) is 6.07 Å². The quantitative estimate of drug-likeness (QED) is 0.877. The molecule has 1 aliphatic heterocycles. The molecule has 20 heavy (non-hydrogen) atoms. The van der Waals surface area contributed by atoms with E-state index < -0.39 is 5.91 Å². The summed E-state index contributed by atoms with van der Waals surface area (Å²) in [6.45, 7) is 5.09. The number of rotatable bonds is 5. The van der Waals surface area contributed by atoms with Gasteiger partial charge in [0.05, 0.1) is 10.6 Å². The number of primary amides is 1. The summed E-state index contributed by atoms with van der Waals surface area (Å²) in [5.74, 6) is -0.487. The molecule has 0 aliphatic carbocycles. The van der Waals surface area contributed by atoms with Gasteiger partial charge in [-0.25, -0.2) is 0 Å². The molecule has 1 heterocycles. The van der Waals surface area contributed by atoms with Crippen molar-refractivity contribution in [3.63, 3.8) is 0 Å². The van der Waals surface area contributed by atoms with Gasteiger partial charge in [0.2, 0.25) is 5.91 Å². The van der Waals surface area contributed by atoms with Crippen LogP contribution in [0, 0.1) is 0 Å². The zero-order valence-electron chi connectivity index (χ0n) is 11.9. The Balaban J connectivity index is 2.10. The van der Waals surface area contributed by atoms with Crippen molar-refractivity contribution in [1.82, 2.24) is 5.32 Å². The largest absolute Gasteiger partial charge is 0.370 e. The van der Waals surface area contributed by atoms with Crippen LogP contribution < -0.4 is 16.0 Å². The molecule has 3 N–H and O–H groups in total. The fourth-order valence-electron chi connectivity index (χ4n) is 2.66. The average Bonchev–Trinajstić information content (AvgIpc) is 2.45. The lowest BCUT2D eigenvalue weighted by atomic mass is 10.0. The lowest BCUT2D eigenvalue weighted by Gasteiger charge is -2.31. The molecule has 110 valence electrons. The molecule has 1 aromatic carbocycles. The number of nitrogens with two attached hydrogens (primary N) is 1. The van der Waals surface area contributed by atoms with Gasteiger partial charge in [-0.3, -0.25) is 4.79 Å². The van der Waals surface area contributed by atoms with Gasteiger partial charge in [-0.05, 0) is 44.5 Å². The van der Waals surface area contributed by atoms with Crippen molar-refractivity contribution in [1.29, 1.82) is 0 Å². The monoisotopic (exact) mass is 295 g/mol. The predicted octanol–water partition coefficient (Wildman–Crippen LogP) is 2.41. The number of anilines is 1. The molecule has 0 radical (unpaired) electrons. The Kier molecular flexibility index (Phi) is 5.26. The maximum absolute atomic E-state index is 11.2. The standard InChI is InChI=1S/C15H22ClN3O/c1-2-19(10-11-5-3-4-8-18-11)12-6-7-13(15(17)20)14(16)9-12/h6-7,9,11,18H,2-5,8,10H2,1H3,(H2,17,20). The van der Waals surface area contributed by atoms with Gasteiger partial charge >= 0.3 is 0 Å². The van der Waals surface area contributed by atoms with E-state index in [1.165, 1.54) is 19.3 Å². The van der Waals surface area contributed by atoms with E-state index in [-0.39, 0.29) is 0 Å². The van der Waals surface area contributed by atoms with Gasteiger partial charge in [0.15, 0.2) is 0 Å². The number of carbonyl (C=O) groups excluding carboxylic acids is 1. The van der Waals surface area contributed by atoms with Crippen LogP contribution in [-0.4, -0.2) is 31.6 Å². The van der Waals surface area contributed by atoms with Gasteiger partial charge in [-0.2, -0.15) is 0 Å². The first-order chi connectivity index (χ1) is 9.61. The van der Waals surface area contributed by atoms with E-state index in [2.05, 4.69) is 17.1 Å². The molecule has 1 amide bonds. The molecule has 5 heteroatoms. The fraction of sp³-hybridized carbons (Fsp3) is 0.533. The highest BCUT2D eigenvalue weighted by Crippen LogP contribution is 2.24. The minimum absolute atomic E-state index is 0.377. The third-order valence-corrected chi connectivity index (χ3v) is 4.13. The van der Waals surface area contributed by atoms with E-state index in [4.69, 9.17) is 17.3 Å². The first kappa shape index (κ1) is 15.1. The van der Waals surface area contributed by atoms with Crippen LogP contribution in [0.25, 0.3) is 0 Å². The van der Waals surface area contributed by atoms with Crippen molar-refractivity contribution in [2.45, 2.75) is 32.2 Å². The van der Waals surface area contributed by atoms with Crippen LogP contribution >= 0.6 is 11.6 Å². The Morgan fingerprint density at radius 1 is 1.50 bits per heavy atom. The van der Waals surface area contributed by atoms with Gasteiger partial charge in [0.25, 0.3) is 0 Å². The predicted molar refractivity (Wildman–Crippen MR) is 83.5 cm³/mol. The van der Waals surface area contributed by atoms with E-state index in [0.717, 1.165) is 25.3 Å². The molecule has 0 saturated carbocycles. The van der Waals surface area contributed by atoms with Crippen molar-refractivity contribution in [3.05, 3.63) is 28.8 Å². The molecule has 1 saturated heterocycles. The number of carbonyl (C=O) groups is 1. The van der Waals surface area contributed by atoms with Crippen LogP contribution in [0.15, 0.2) is 18.2 Å². The van der Waals surface area contributed by atoms with Crippen molar-refractivity contribution in [2.75, 3.05) is 24.5 Å². The van der Waals surface area contributed by atoms with Gasteiger partial charge in [-0.1, -0.05) is 18.0 Å². The zero-order chi connectivity index (χ0) is 14.5. The van der Waals surface area contributed by atoms with Crippen molar-refractivity contribution >= 4 is 23.2 Å². The molecular formula is C15H22ClN3O. The summed E-state index contributed by atoms with van der Waals surface area (Å²) in [5.41, 5.74) is 6.69. The number of nitrogens with one attached hydrogen (secondary N) is 1. The van der Waals surface area contributed by atoms with E-state index in [0.29, 0.717) is 16.6 Å². The van der Waals surface area contributed by atoms with Crippen LogP contribution in [0.1, 0.15) is 36.5 Å². The number of hydrogen-bond acceptors (Lipinski definition) is 3. The number of amides is 1. The van der Waals surface area contributed by atoms with Crippen molar-refractivity contribution in [2.24, 2.45) is 5.73 Å². The summed E-state index contributed by atoms with van der Waals surface area (Å²) in [6.07, 6.45) is 3.77. The second kappa shape index (κ2) is 6.95. The number of benzene rings is 1. The first-order valence-electron chi connectivity index (χ1n) is 7.19. The van der Waals surface area contributed by atoms with Crippen molar-refractivity contribution in [3.8, 4) is 0 Å². The first-order valence-corrected chi connectivity index (χ1v) is 7.57. The van der Waals surface area contributed by atoms with Crippen molar-refractivity contribution < 1.29 is 4.79 Å². The summed E-state index contributed by atoms with van der Waals surface area (Å²) in [4.78, 5) is 13.5. The Morgan fingerprint density at radius 3 is 2.85 bits per heavy atom. The minimum atomic E-state index is -0.487. The second-order valence-corrected chi connectivity index (χ2v) is 5.62. The number of halogens is 1. The lowest BCUT2D eigenvalue weighted by molar-refractivity contribution is 0.100. The number of hydrogen-bond donors (Lipinski definition) is 2.